The third kappa shape index (κ3) is 1.57. The van der Waals surface area contributed by atoms with Crippen LogP contribution in [-0.4, -0.2) is 20.4 Å². The van der Waals surface area contributed by atoms with Crippen LogP contribution in [0.25, 0.3) is 0 Å². The van der Waals surface area contributed by atoms with E-state index in [-0.39, 0.29) is 5.69 Å². The smallest absolute Gasteiger partial charge is 0.296 e. The number of carbonyl (C=O) groups is 1. The number of aryl methyl sites for hydroxylation is 1. The summed E-state index contributed by atoms with van der Waals surface area (Å²) >= 11 is 1.38. The van der Waals surface area contributed by atoms with Crippen molar-refractivity contribution >= 4 is 17.1 Å². The Morgan fingerprint density at radius 3 is 3.06 bits per heavy atom. The average Bonchev–Trinajstić information content (AvgIpc) is 3.02. The van der Waals surface area contributed by atoms with Gasteiger partial charge in [0.1, 0.15) is 5.82 Å². The fourth-order valence-electron chi connectivity index (χ4n) is 2.09. The summed E-state index contributed by atoms with van der Waals surface area (Å²) in [4.78, 5) is 28.1. The zero-order valence-electron chi connectivity index (χ0n) is 9.42. The summed E-state index contributed by atoms with van der Waals surface area (Å²) in [5, 5.41) is 13.3. The molecule has 0 aromatic carbocycles. The zero-order chi connectivity index (χ0) is 12.7. The number of hydrogen-bond acceptors (Lipinski definition) is 5. The molecule has 0 amide bonds. The highest BCUT2D eigenvalue weighted by Crippen LogP contribution is 2.19. The summed E-state index contributed by atoms with van der Waals surface area (Å²) in [5.41, 5.74) is -0.201. The van der Waals surface area contributed by atoms with E-state index < -0.39 is 17.1 Å². The van der Waals surface area contributed by atoms with Crippen LogP contribution in [-0.2, 0) is 13.0 Å². The third-order valence-corrected chi connectivity index (χ3v) is 3.69. The summed E-state index contributed by atoms with van der Waals surface area (Å²) in [5.74, 6) is -0.366. The Balaban J connectivity index is 2.17. The lowest BCUT2D eigenvalue weighted by molar-refractivity contribution is 0.103. The van der Waals surface area contributed by atoms with Crippen LogP contribution in [0.4, 0.5) is 0 Å². The van der Waals surface area contributed by atoms with E-state index in [4.69, 9.17) is 0 Å². The van der Waals surface area contributed by atoms with Crippen LogP contribution in [0, 0.1) is 0 Å². The summed E-state index contributed by atoms with van der Waals surface area (Å²) < 4.78 is 1.43. The standard InChI is InChI=1S/C12H10N2O3S/c15-10(7-3-5-18-6-7)9-11(16)12(17)14-4-1-2-8(14)13-9/h3,5-6,16H,1-2,4H2. The van der Waals surface area contributed by atoms with Crippen molar-refractivity contribution in [3.05, 3.63) is 44.3 Å². The number of thiophene rings is 1. The van der Waals surface area contributed by atoms with Crippen LogP contribution >= 0.6 is 11.3 Å². The van der Waals surface area contributed by atoms with Crippen molar-refractivity contribution in [1.82, 2.24) is 9.55 Å². The van der Waals surface area contributed by atoms with Gasteiger partial charge in [0, 0.05) is 23.9 Å². The fourth-order valence-corrected chi connectivity index (χ4v) is 2.73. The zero-order valence-corrected chi connectivity index (χ0v) is 10.2. The Hall–Kier alpha value is -1.95. The maximum absolute atomic E-state index is 12.1. The van der Waals surface area contributed by atoms with Gasteiger partial charge in [-0.2, -0.15) is 11.3 Å². The molecule has 1 aliphatic heterocycles. The number of fused-ring (bicyclic) bond motifs is 1. The van der Waals surface area contributed by atoms with Crippen molar-refractivity contribution < 1.29 is 9.90 Å². The van der Waals surface area contributed by atoms with Crippen molar-refractivity contribution in [3.63, 3.8) is 0 Å². The van der Waals surface area contributed by atoms with E-state index in [9.17, 15) is 14.7 Å². The minimum Gasteiger partial charge on any atom is -0.501 e. The lowest BCUT2D eigenvalue weighted by Crippen LogP contribution is -2.23. The van der Waals surface area contributed by atoms with E-state index in [1.165, 1.54) is 15.9 Å². The van der Waals surface area contributed by atoms with Crippen molar-refractivity contribution in [2.24, 2.45) is 0 Å². The number of hydrogen-bond donors (Lipinski definition) is 1. The Kier molecular flexibility index (Phi) is 2.52. The number of aromatic nitrogens is 2. The number of rotatable bonds is 2. The molecule has 0 atom stereocenters. The first kappa shape index (κ1) is 11.2. The van der Waals surface area contributed by atoms with Crippen molar-refractivity contribution in [3.8, 4) is 5.75 Å². The van der Waals surface area contributed by atoms with E-state index in [2.05, 4.69) is 4.98 Å². The van der Waals surface area contributed by atoms with Gasteiger partial charge in [-0.05, 0) is 17.9 Å². The highest BCUT2D eigenvalue weighted by Gasteiger charge is 2.24. The lowest BCUT2D eigenvalue weighted by atomic mass is 10.1. The lowest BCUT2D eigenvalue weighted by Gasteiger charge is -2.06. The molecule has 0 radical (unpaired) electrons. The molecular weight excluding hydrogens is 252 g/mol. The molecule has 6 heteroatoms. The first-order chi connectivity index (χ1) is 8.68. The van der Waals surface area contributed by atoms with Gasteiger partial charge in [0.2, 0.25) is 11.5 Å². The van der Waals surface area contributed by atoms with Gasteiger partial charge >= 0.3 is 0 Å². The molecule has 3 rings (SSSR count). The first-order valence-electron chi connectivity index (χ1n) is 5.58. The van der Waals surface area contributed by atoms with Gasteiger partial charge in [-0.15, -0.1) is 0 Å². The SMILES string of the molecule is O=C(c1ccsc1)c1nc2n(c(=O)c1O)CCC2. The quantitative estimate of drug-likeness (QED) is 0.825. The molecule has 3 heterocycles. The summed E-state index contributed by atoms with van der Waals surface area (Å²) in [6.07, 6.45) is 1.48. The molecule has 2 aromatic rings. The van der Waals surface area contributed by atoms with Crippen LogP contribution in [0.15, 0.2) is 21.6 Å². The Morgan fingerprint density at radius 1 is 1.50 bits per heavy atom. The van der Waals surface area contributed by atoms with E-state index >= 15 is 0 Å². The van der Waals surface area contributed by atoms with Gasteiger partial charge in [-0.25, -0.2) is 4.98 Å². The predicted octanol–water partition coefficient (Wildman–Crippen LogP) is 1.19. The van der Waals surface area contributed by atoms with E-state index in [1.54, 1.807) is 16.8 Å². The molecular formula is C12H10N2O3S. The summed E-state index contributed by atoms with van der Waals surface area (Å²) in [7, 11) is 0. The highest BCUT2D eigenvalue weighted by atomic mass is 32.1. The molecule has 0 spiro atoms. The molecule has 1 aliphatic rings. The third-order valence-electron chi connectivity index (χ3n) is 3.01. The van der Waals surface area contributed by atoms with E-state index in [0.717, 1.165) is 6.42 Å². The summed E-state index contributed by atoms with van der Waals surface area (Å²) in [6.45, 7) is 0.557. The van der Waals surface area contributed by atoms with Crippen LogP contribution in [0.2, 0.25) is 0 Å². The van der Waals surface area contributed by atoms with E-state index in [0.29, 0.717) is 24.4 Å². The second-order valence-corrected chi connectivity index (χ2v) is 4.91. The Labute approximate surface area is 106 Å². The monoisotopic (exact) mass is 262 g/mol. The van der Waals surface area contributed by atoms with Crippen LogP contribution in [0.3, 0.4) is 0 Å². The van der Waals surface area contributed by atoms with Crippen molar-refractivity contribution in [2.45, 2.75) is 19.4 Å². The van der Waals surface area contributed by atoms with Crippen molar-refractivity contribution in [2.75, 3.05) is 0 Å². The highest BCUT2D eigenvalue weighted by molar-refractivity contribution is 7.08. The second-order valence-electron chi connectivity index (χ2n) is 4.13. The molecule has 92 valence electrons. The van der Waals surface area contributed by atoms with Gasteiger partial charge in [0.15, 0.2) is 5.69 Å². The topological polar surface area (TPSA) is 72.2 Å². The normalized spacial score (nSPS) is 13.6. The molecule has 0 fully saturated rings. The van der Waals surface area contributed by atoms with Gasteiger partial charge < -0.3 is 5.11 Å². The molecule has 5 nitrogen and oxygen atoms in total. The minimum absolute atomic E-state index is 0.133. The number of carbonyl (C=O) groups excluding carboxylic acids is 1. The largest absolute Gasteiger partial charge is 0.501 e. The molecule has 0 bridgehead atoms. The number of nitrogens with zero attached hydrogens (tertiary/aromatic N) is 2. The van der Waals surface area contributed by atoms with Gasteiger partial charge in [-0.1, -0.05) is 0 Å². The average molecular weight is 262 g/mol. The molecule has 0 aliphatic carbocycles. The van der Waals surface area contributed by atoms with Gasteiger partial charge in [0.05, 0.1) is 0 Å². The molecule has 0 unspecified atom stereocenters. The molecule has 18 heavy (non-hydrogen) atoms. The molecule has 1 N–H and O–H groups in total. The van der Waals surface area contributed by atoms with Crippen molar-refractivity contribution in [1.29, 1.82) is 0 Å². The van der Waals surface area contributed by atoms with Crippen LogP contribution < -0.4 is 5.56 Å². The first-order valence-corrected chi connectivity index (χ1v) is 6.52. The predicted molar refractivity (Wildman–Crippen MR) is 66.2 cm³/mol. The van der Waals surface area contributed by atoms with Crippen LogP contribution in [0.1, 0.15) is 28.3 Å². The number of aromatic hydroxyl groups is 1. The molecule has 0 saturated carbocycles. The van der Waals surface area contributed by atoms with E-state index in [1.807, 2.05) is 0 Å². The molecule has 2 aromatic heterocycles. The maximum Gasteiger partial charge on any atom is 0.296 e. The minimum atomic E-state index is -0.545. The molecule has 0 saturated heterocycles. The fraction of sp³-hybridized carbons (Fsp3) is 0.250. The Morgan fingerprint density at radius 2 is 2.33 bits per heavy atom. The number of ketones is 1. The van der Waals surface area contributed by atoms with Gasteiger partial charge in [0.25, 0.3) is 5.56 Å². The van der Waals surface area contributed by atoms with Crippen LogP contribution in [0.5, 0.6) is 5.75 Å². The summed E-state index contributed by atoms with van der Waals surface area (Å²) in [6, 6.07) is 1.65. The Bertz CT molecular complexity index is 673. The van der Waals surface area contributed by atoms with Gasteiger partial charge in [-0.3, -0.25) is 14.2 Å². The second kappa shape index (κ2) is 4.06. The maximum atomic E-state index is 12.1.